The lowest BCUT2D eigenvalue weighted by Crippen LogP contribution is -2.49. The highest BCUT2D eigenvalue weighted by Crippen LogP contribution is 2.20. The second kappa shape index (κ2) is 8.10. The van der Waals surface area contributed by atoms with Crippen molar-refractivity contribution in [1.29, 1.82) is 0 Å². The van der Waals surface area contributed by atoms with Crippen LogP contribution < -0.4 is 10.2 Å². The number of anilines is 1. The summed E-state index contributed by atoms with van der Waals surface area (Å²) in [5, 5.41) is 12.5. The van der Waals surface area contributed by atoms with Crippen LogP contribution in [0.4, 0.5) is 5.69 Å². The first kappa shape index (κ1) is 16.7. The average molecular weight is 312 g/mol. The van der Waals surface area contributed by atoms with Crippen LogP contribution in [0.1, 0.15) is 5.56 Å². The molecule has 23 heavy (non-hydrogen) atoms. The van der Waals surface area contributed by atoms with Gasteiger partial charge in [-0.2, -0.15) is 0 Å². The summed E-state index contributed by atoms with van der Waals surface area (Å²) in [7, 11) is 1.66. The van der Waals surface area contributed by atoms with E-state index in [-0.39, 0.29) is 18.9 Å². The van der Waals surface area contributed by atoms with Crippen molar-refractivity contribution >= 4 is 17.6 Å². The van der Waals surface area contributed by atoms with Crippen LogP contribution in [0.5, 0.6) is 0 Å². The Labute approximate surface area is 135 Å². The number of hydrogen-bond donors (Lipinski definition) is 2. The number of aliphatic carboxylic acids is 1. The molecule has 0 radical (unpaired) electrons. The molecule has 0 saturated carbocycles. The summed E-state index contributed by atoms with van der Waals surface area (Å²) in [5.74, 6) is -1.30. The van der Waals surface area contributed by atoms with E-state index in [4.69, 9.17) is 0 Å². The third-order valence-corrected chi connectivity index (χ3v) is 3.50. The lowest BCUT2D eigenvalue weighted by Gasteiger charge is -2.29. The van der Waals surface area contributed by atoms with E-state index < -0.39 is 12.0 Å². The monoisotopic (exact) mass is 312 g/mol. The zero-order valence-electron chi connectivity index (χ0n) is 13.0. The van der Waals surface area contributed by atoms with Gasteiger partial charge in [-0.25, -0.2) is 4.79 Å². The summed E-state index contributed by atoms with van der Waals surface area (Å²) in [6.45, 7) is 0.0768. The predicted octanol–water partition coefficient (Wildman–Crippen LogP) is 1.93. The summed E-state index contributed by atoms with van der Waals surface area (Å²) in [6.07, 6.45) is 0.251. The van der Waals surface area contributed by atoms with Gasteiger partial charge < -0.3 is 10.4 Å². The van der Waals surface area contributed by atoms with E-state index in [1.54, 1.807) is 31.3 Å². The Kier molecular flexibility index (Phi) is 5.88. The number of likely N-dealkylation sites (N-methyl/N-ethyl adjacent to an activating group) is 1. The average Bonchev–Trinajstić information content (AvgIpc) is 2.56. The highest BCUT2D eigenvalue weighted by Gasteiger charge is 2.30. The SMILES string of the molecule is CNCC(=O)N(c1ccccc1)[C@@H](Cc1ccccc1)C(=O)O. The van der Waals surface area contributed by atoms with E-state index in [0.717, 1.165) is 5.56 Å². The number of carboxylic acids is 1. The Hall–Kier alpha value is -2.66. The zero-order valence-corrected chi connectivity index (χ0v) is 13.0. The number of hydrogen-bond acceptors (Lipinski definition) is 3. The van der Waals surface area contributed by atoms with Gasteiger partial charge >= 0.3 is 5.97 Å². The number of nitrogens with zero attached hydrogens (tertiary/aromatic N) is 1. The van der Waals surface area contributed by atoms with Crippen molar-refractivity contribution in [3.63, 3.8) is 0 Å². The third-order valence-electron chi connectivity index (χ3n) is 3.50. The van der Waals surface area contributed by atoms with E-state index >= 15 is 0 Å². The molecule has 2 N–H and O–H groups in total. The van der Waals surface area contributed by atoms with Crippen molar-refractivity contribution in [2.45, 2.75) is 12.5 Å². The fraction of sp³-hybridized carbons (Fsp3) is 0.222. The third kappa shape index (κ3) is 4.40. The lowest BCUT2D eigenvalue weighted by molar-refractivity contribution is -0.140. The molecule has 2 rings (SSSR count). The Morgan fingerprint density at radius 2 is 1.61 bits per heavy atom. The Bertz CT molecular complexity index is 644. The van der Waals surface area contributed by atoms with Crippen molar-refractivity contribution in [1.82, 2.24) is 5.32 Å². The summed E-state index contributed by atoms with van der Waals surface area (Å²) in [4.78, 5) is 25.6. The van der Waals surface area contributed by atoms with Crippen molar-refractivity contribution < 1.29 is 14.7 Å². The van der Waals surface area contributed by atoms with Gasteiger partial charge in [0.2, 0.25) is 5.91 Å². The van der Waals surface area contributed by atoms with E-state index in [1.807, 2.05) is 36.4 Å². The van der Waals surface area contributed by atoms with Crippen molar-refractivity contribution in [3.05, 3.63) is 66.2 Å². The predicted molar refractivity (Wildman–Crippen MR) is 89.4 cm³/mol. The smallest absolute Gasteiger partial charge is 0.327 e. The minimum absolute atomic E-state index is 0.0768. The Balaban J connectivity index is 2.36. The number of para-hydroxylation sites is 1. The van der Waals surface area contributed by atoms with Crippen LogP contribution in [0.3, 0.4) is 0 Å². The van der Waals surface area contributed by atoms with Gasteiger partial charge in [0, 0.05) is 12.1 Å². The molecule has 1 amide bonds. The fourth-order valence-corrected chi connectivity index (χ4v) is 2.45. The van der Waals surface area contributed by atoms with E-state index in [9.17, 15) is 14.7 Å². The van der Waals surface area contributed by atoms with Crippen LogP contribution in [-0.4, -0.2) is 36.6 Å². The summed E-state index contributed by atoms with van der Waals surface area (Å²) in [5.41, 5.74) is 1.45. The minimum atomic E-state index is -1.03. The maximum Gasteiger partial charge on any atom is 0.327 e. The second-order valence-corrected chi connectivity index (χ2v) is 5.17. The van der Waals surface area contributed by atoms with Gasteiger partial charge in [0.25, 0.3) is 0 Å². The van der Waals surface area contributed by atoms with Gasteiger partial charge in [-0.3, -0.25) is 9.69 Å². The van der Waals surface area contributed by atoms with Gasteiger partial charge in [-0.05, 0) is 24.7 Å². The quantitative estimate of drug-likeness (QED) is 0.820. The molecule has 0 bridgehead atoms. The van der Waals surface area contributed by atoms with Crippen LogP contribution in [0.2, 0.25) is 0 Å². The molecule has 2 aromatic carbocycles. The highest BCUT2D eigenvalue weighted by atomic mass is 16.4. The largest absolute Gasteiger partial charge is 0.480 e. The number of benzene rings is 2. The van der Waals surface area contributed by atoms with Crippen LogP contribution in [0, 0.1) is 0 Å². The molecular formula is C18H20N2O3. The van der Waals surface area contributed by atoms with Gasteiger partial charge in [0.15, 0.2) is 0 Å². The van der Waals surface area contributed by atoms with Gasteiger partial charge in [0.05, 0.1) is 6.54 Å². The first-order chi connectivity index (χ1) is 11.1. The molecule has 0 spiro atoms. The van der Waals surface area contributed by atoms with Gasteiger partial charge in [-0.1, -0.05) is 48.5 Å². The maximum atomic E-state index is 12.5. The van der Waals surface area contributed by atoms with E-state index in [1.165, 1.54) is 4.90 Å². The van der Waals surface area contributed by atoms with Crippen LogP contribution in [0.25, 0.3) is 0 Å². The van der Waals surface area contributed by atoms with Gasteiger partial charge in [-0.15, -0.1) is 0 Å². The lowest BCUT2D eigenvalue weighted by atomic mass is 10.0. The zero-order chi connectivity index (χ0) is 16.7. The number of carbonyl (C=O) groups excluding carboxylic acids is 1. The number of rotatable bonds is 7. The van der Waals surface area contributed by atoms with Crippen LogP contribution >= 0.6 is 0 Å². The molecule has 0 heterocycles. The number of amides is 1. The molecule has 5 nitrogen and oxygen atoms in total. The van der Waals surface area contributed by atoms with Crippen LogP contribution in [0.15, 0.2) is 60.7 Å². The molecule has 0 aromatic heterocycles. The minimum Gasteiger partial charge on any atom is -0.480 e. The maximum absolute atomic E-state index is 12.5. The first-order valence-electron chi connectivity index (χ1n) is 7.42. The molecule has 1 atom stereocenters. The first-order valence-corrected chi connectivity index (χ1v) is 7.42. The van der Waals surface area contributed by atoms with Crippen molar-refractivity contribution in [3.8, 4) is 0 Å². The molecular weight excluding hydrogens is 292 g/mol. The Morgan fingerprint density at radius 1 is 1.04 bits per heavy atom. The second-order valence-electron chi connectivity index (χ2n) is 5.17. The Morgan fingerprint density at radius 3 is 2.13 bits per heavy atom. The summed E-state index contributed by atoms with van der Waals surface area (Å²) >= 11 is 0. The molecule has 0 saturated heterocycles. The fourth-order valence-electron chi connectivity index (χ4n) is 2.45. The summed E-state index contributed by atoms with van der Waals surface area (Å²) in [6, 6.07) is 17.3. The standard InChI is InChI=1S/C18H20N2O3/c1-19-13-17(21)20(15-10-6-3-7-11-15)16(18(22)23)12-14-8-4-2-5-9-14/h2-11,16,19H,12-13H2,1H3,(H,22,23)/t16-/m0/s1. The molecule has 0 fully saturated rings. The molecule has 0 aliphatic heterocycles. The number of nitrogens with one attached hydrogen (secondary N) is 1. The van der Waals surface area contributed by atoms with Gasteiger partial charge in [0.1, 0.15) is 6.04 Å². The van der Waals surface area contributed by atoms with E-state index in [2.05, 4.69) is 5.32 Å². The summed E-state index contributed by atoms with van der Waals surface area (Å²) < 4.78 is 0. The molecule has 120 valence electrons. The molecule has 2 aromatic rings. The molecule has 0 aliphatic rings. The highest BCUT2D eigenvalue weighted by molar-refractivity contribution is 6.00. The molecule has 0 unspecified atom stereocenters. The van der Waals surface area contributed by atoms with Crippen molar-refractivity contribution in [2.24, 2.45) is 0 Å². The number of carboxylic acid groups (broad SMARTS) is 1. The normalized spacial score (nSPS) is 11.7. The van der Waals surface area contributed by atoms with Crippen LogP contribution in [-0.2, 0) is 16.0 Å². The topological polar surface area (TPSA) is 69.6 Å². The molecule has 0 aliphatic carbocycles. The van der Waals surface area contributed by atoms with E-state index in [0.29, 0.717) is 5.69 Å². The van der Waals surface area contributed by atoms with Crippen molar-refractivity contribution in [2.75, 3.05) is 18.5 Å². The number of carbonyl (C=O) groups is 2. The molecule has 5 heteroatoms.